The van der Waals surface area contributed by atoms with Gasteiger partial charge >= 0.3 is 0 Å². The van der Waals surface area contributed by atoms with E-state index in [1.165, 1.54) is 0 Å². The van der Waals surface area contributed by atoms with Gasteiger partial charge in [-0.3, -0.25) is 0 Å². The molecule has 0 aromatic heterocycles. The van der Waals surface area contributed by atoms with Crippen LogP contribution in [0.25, 0.3) is 0 Å². The third-order valence-electron chi connectivity index (χ3n) is 3.19. The lowest BCUT2D eigenvalue weighted by atomic mass is 10.1. The largest absolute Gasteiger partial charge is 0.493 e. The van der Waals surface area contributed by atoms with Crippen LogP contribution in [0.4, 0.5) is 0 Å². The average molecular weight is 319 g/mol. The summed E-state index contributed by atoms with van der Waals surface area (Å²) in [5.74, 6) is 1.46. The lowest BCUT2D eigenvalue weighted by Gasteiger charge is -2.10. The van der Waals surface area contributed by atoms with Crippen molar-refractivity contribution in [2.45, 2.75) is 13.1 Å². The van der Waals surface area contributed by atoms with E-state index in [9.17, 15) is 0 Å². The van der Waals surface area contributed by atoms with Crippen molar-refractivity contribution < 1.29 is 9.47 Å². The summed E-state index contributed by atoms with van der Waals surface area (Å²) in [6.45, 7) is 1.49. The van der Waals surface area contributed by atoms with Gasteiger partial charge in [0.1, 0.15) is 0 Å². The smallest absolute Gasteiger partial charge is 0.161 e. The average Bonchev–Trinajstić information content (AvgIpc) is 2.55. The Morgan fingerprint density at radius 1 is 0.909 bits per heavy atom. The molecular formula is C17H19ClN2O2. The summed E-state index contributed by atoms with van der Waals surface area (Å²) in [7, 11) is 3.26. The Kier molecular flexibility index (Phi) is 7.24. The van der Waals surface area contributed by atoms with E-state index in [2.05, 4.69) is 11.4 Å². The van der Waals surface area contributed by atoms with Crippen molar-refractivity contribution in [1.29, 1.82) is 5.26 Å². The van der Waals surface area contributed by atoms with Gasteiger partial charge < -0.3 is 14.8 Å². The van der Waals surface area contributed by atoms with Crippen LogP contribution in [0.5, 0.6) is 11.5 Å². The first-order valence-corrected chi connectivity index (χ1v) is 6.67. The summed E-state index contributed by atoms with van der Waals surface area (Å²) in [5, 5.41) is 12.1. The number of hydrogen-bond acceptors (Lipinski definition) is 4. The number of methoxy groups -OCH3 is 2. The molecule has 0 unspecified atom stereocenters. The van der Waals surface area contributed by atoms with E-state index < -0.39 is 0 Å². The summed E-state index contributed by atoms with van der Waals surface area (Å²) in [5.41, 5.74) is 2.95. The Hall–Kier alpha value is -2.22. The first-order chi connectivity index (χ1) is 10.3. The normalized spacial score (nSPS) is 9.50. The molecule has 0 aliphatic heterocycles. The van der Waals surface area contributed by atoms with Gasteiger partial charge in [0.2, 0.25) is 0 Å². The summed E-state index contributed by atoms with van der Waals surface area (Å²) in [6.07, 6.45) is 0. The van der Waals surface area contributed by atoms with Crippen molar-refractivity contribution in [2.24, 2.45) is 0 Å². The van der Waals surface area contributed by atoms with Gasteiger partial charge in [0.05, 0.1) is 25.9 Å². The Bertz CT molecular complexity index is 636. The van der Waals surface area contributed by atoms with Gasteiger partial charge in [-0.2, -0.15) is 5.26 Å². The van der Waals surface area contributed by atoms with Gasteiger partial charge in [-0.1, -0.05) is 18.2 Å². The summed E-state index contributed by atoms with van der Waals surface area (Å²) in [4.78, 5) is 0. The van der Waals surface area contributed by atoms with E-state index in [4.69, 9.17) is 14.7 Å². The van der Waals surface area contributed by atoms with Crippen molar-refractivity contribution in [3.8, 4) is 17.6 Å². The first kappa shape index (κ1) is 17.8. The molecule has 4 nitrogen and oxygen atoms in total. The first-order valence-electron chi connectivity index (χ1n) is 6.67. The predicted octanol–water partition coefficient (Wildman–Crippen LogP) is 3.29. The molecule has 0 spiro atoms. The molecule has 22 heavy (non-hydrogen) atoms. The summed E-state index contributed by atoms with van der Waals surface area (Å²) in [6, 6.07) is 15.6. The molecule has 2 aromatic carbocycles. The number of nitrogens with zero attached hydrogens (tertiary/aromatic N) is 1. The number of halogens is 1. The van der Waals surface area contributed by atoms with E-state index in [-0.39, 0.29) is 12.4 Å². The van der Waals surface area contributed by atoms with E-state index in [1.807, 2.05) is 42.5 Å². The fourth-order valence-electron chi connectivity index (χ4n) is 2.04. The van der Waals surface area contributed by atoms with E-state index >= 15 is 0 Å². The molecule has 2 aromatic rings. The monoisotopic (exact) mass is 318 g/mol. The highest BCUT2D eigenvalue weighted by molar-refractivity contribution is 5.85. The highest BCUT2D eigenvalue weighted by Crippen LogP contribution is 2.27. The number of hydrogen-bond donors (Lipinski definition) is 1. The van der Waals surface area contributed by atoms with Crippen LogP contribution in [0.15, 0.2) is 42.5 Å². The van der Waals surface area contributed by atoms with Crippen molar-refractivity contribution in [2.75, 3.05) is 14.2 Å². The lowest BCUT2D eigenvalue weighted by Crippen LogP contribution is -2.12. The molecule has 0 saturated carbocycles. The van der Waals surface area contributed by atoms with Gasteiger partial charge in [-0.05, 0) is 35.4 Å². The Morgan fingerprint density at radius 2 is 1.50 bits per heavy atom. The van der Waals surface area contributed by atoms with Crippen molar-refractivity contribution in [1.82, 2.24) is 5.32 Å². The van der Waals surface area contributed by atoms with Gasteiger partial charge in [0.15, 0.2) is 11.5 Å². The fourth-order valence-corrected chi connectivity index (χ4v) is 2.04. The van der Waals surface area contributed by atoms with E-state index in [0.717, 1.165) is 35.7 Å². The Labute approximate surface area is 137 Å². The van der Waals surface area contributed by atoms with Gasteiger partial charge in [0, 0.05) is 13.1 Å². The second kappa shape index (κ2) is 8.93. The van der Waals surface area contributed by atoms with Crippen LogP contribution in [0.1, 0.15) is 16.7 Å². The molecule has 1 N–H and O–H groups in total. The molecule has 0 saturated heterocycles. The zero-order chi connectivity index (χ0) is 15.1. The number of benzene rings is 2. The van der Waals surface area contributed by atoms with E-state index in [0.29, 0.717) is 5.56 Å². The third kappa shape index (κ3) is 4.66. The molecule has 0 radical (unpaired) electrons. The number of ether oxygens (including phenoxy) is 2. The van der Waals surface area contributed by atoms with Crippen LogP contribution in [-0.4, -0.2) is 14.2 Å². The second-order valence-electron chi connectivity index (χ2n) is 4.60. The van der Waals surface area contributed by atoms with Gasteiger partial charge in [-0.15, -0.1) is 12.4 Å². The highest BCUT2D eigenvalue weighted by atomic mass is 35.5. The maximum Gasteiger partial charge on any atom is 0.161 e. The Morgan fingerprint density at radius 3 is 2.09 bits per heavy atom. The van der Waals surface area contributed by atoms with E-state index in [1.54, 1.807) is 14.2 Å². The number of nitrogens with one attached hydrogen (secondary N) is 1. The fraction of sp³-hybridized carbons (Fsp3) is 0.235. The minimum atomic E-state index is 0. The zero-order valence-electron chi connectivity index (χ0n) is 12.6. The molecule has 0 heterocycles. The third-order valence-corrected chi connectivity index (χ3v) is 3.19. The SMILES string of the molecule is COc1ccc(CNCc2ccc(C#N)cc2)cc1OC.Cl. The molecule has 0 amide bonds. The predicted molar refractivity (Wildman–Crippen MR) is 88.5 cm³/mol. The summed E-state index contributed by atoms with van der Waals surface area (Å²) < 4.78 is 10.5. The van der Waals surface area contributed by atoms with Gasteiger partial charge in [0.25, 0.3) is 0 Å². The molecule has 0 aliphatic rings. The number of nitriles is 1. The topological polar surface area (TPSA) is 54.3 Å². The van der Waals surface area contributed by atoms with Crippen LogP contribution >= 0.6 is 12.4 Å². The molecule has 0 bridgehead atoms. The van der Waals surface area contributed by atoms with Crippen molar-refractivity contribution in [3.05, 3.63) is 59.2 Å². The maximum atomic E-state index is 8.76. The van der Waals surface area contributed by atoms with Crippen LogP contribution in [0.3, 0.4) is 0 Å². The molecule has 0 atom stereocenters. The van der Waals surface area contributed by atoms with Crippen molar-refractivity contribution >= 4 is 12.4 Å². The highest BCUT2D eigenvalue weighted by Gasteiger charge is 2.04. The Balaban J connectivity index is 0.00000242. The minimum Gasteiger partial charge on any atom is -0.493 e. The molecule has 116 valence electrons. The summed E-state index contributed by atoms with van der Waals surface area (Å²) >= 11 is 0. The van der Waals surface area contributed by atoms with Crippen LogP contribution in [0.2, 0.25) is 0 Å². The second-order valence-corrected chi connectivity index (χ2v) is 4.60. The number of rotatable bonds is 6. The standard InChI is InChI=1S/C17H18N2O2.ClH/c1-20-16-8-7-15(9-17(16)21-2)12-19-11-14-5-3-13(10-18)4-6-14;/h3-9,19H,11-12H2,1-2H3;1H. The van der Waals surface area contributed by atoms with Crippen molar-refractivity contribution in [3.63, 3.8) is 0 Å². The minimum absolute atomic E-state index is 0. The maximum absolute atomic E-state index is 8.76. The van der Waals surface area contributed by atoms with Crippen LogP contribution < -0.4 is 14.8 Å². The van der Waals surface area contributed by atoms with Gasteiger partial charge in [-0.25, -0.2) is 0 Å². The lowest BCUT2D eigenvalue weighted by molar-refractivity contribution is 0.354. The van der Waals surface area contributed by atoms with Crippen LogP contribution in [0, 0.1) is 11.3 Å². The molecule has 2 rings (SSSR count). The quantitative estimate of drug-likeness (QED) is 0.888. The zero-order valence-corrected chi connectivity index (χ0v) is 13.4. The molecule has 0 fully saturated rings. The van der Waals surface area contributed by atoms with Crippen LogP contribution in [-0.2, 0) is 13.1 Å². The molecule has 0 aliphatic carbocycles. The molecular weight excluding hydrogens is 300 g/mol. The molecule has 5 heteroatoms.